The number of benzene rings is 2. The van der Waals surface area contributed by atoms with Gasteiger partial charge in [-0.3, -0.25) is 4.79 Å². The summed E-state index contributed by atoms with van der Waals surface area (Å²) in [6.07, 6.45) is 0. The average molecular weight is 323 g/mol. The van der Waals surface area contributed by atoms with E-state index in [0.717, 1.165) is 5.56 Å². The van der Waals surface area contributed by atoms with Crippen LogP contribution in [0.15, 0.2) is 63.8 Å². The largest absolute Gasteiger partial charge is 0.497 e. The number of carbonyl (C=O) groups excluding carboxylic acids is 1. The van der Waals surface area contributed by atoms with E-state index in [1.54, 1.807) is 18.2 Å². The normalized spacial score (nSPS) is 11.9. The summed E-state index contributed by atoms with van der Waals surface area (Å²) in [6, 6.07) is 16.0. The van der Waals surface area contributed by atoms with Gasteiger partial charge in [0.25, 0.3) is 5.91 Å². The fraction of sp³-hybridized carbons (Fsp3) is 0.158. The van der Waals surface area contributed by atoms with E-state index >= 15 is 0 Å². The fourth-order valence-electron chi connectivity index (χ4n) is 2.48. The molecule has 2 aromatic carbocycles. The quantitative estimate of drug-likeness (QED) is 0.748. The molecule has 1 aromatic heterocycles. The Hall–Kier alpha value is -3.08. The molecule has 0 bridgehead atoms. The molecule has 0 radical (unpaired) electrons. The van der Waals surface area contributed by atoms with Gasteiger partial charge in [-0.2, -0.15) is 0 Å². The lowest BCUT2D eigenvalue weighted by molar-refractivity contribution is 0.0936. The number of fused-ring (bicyclic) bond motifs is 1. The highest BCUT2D eigenvalue weighted by molar-refractivity contribution is 5.96. The van der Waals surface area contributed by atoms with Gasteiger partial charge in [-0.25, -0.2) is 4.79 Å². The highest BCUT2D eigenvalue weighted by Gasteiger charge is 2.16. The Kier molecular flexibility index (Phi) is 4.33. The number of rotatable bonds is 4. The van der Waals surface area contributed by atoms with Crippen LogP contribution in [0.4, 0.5) is 0 Å². The molecule has 3 aromatic rings. The second kappa shape index (κ2) is 6.58. The van der Waals surface area contributed by atoms with E-state index in [-0.39, 0.29) is 11.6 Å². The zero-order valence-corrected chi connectivity index (χ0v) is 13.4. The average Bonchev–Trinajstić information content (AvgIpc) is 2.61. The maximum Gasteiger partial charge on any atom is 0.349 e. The summed E-state index contributed by atoms with van der Waals surface area (Å²) in [7, 11) is 1.53. The molecule has 3 rings (SSSR count). The number of hydrogen-bond donors (Lipinski definition) is 1. The predicted octanol–water partition coefficient (Wildman–Crippen LogP) is 3.29. The van der Waals surface area contributed by atoms with Crippen LogP contribution in [0.5, 0.6) is 5.75 Å². The second-order valence-corrected chi connectivity index (χ2v) is 5.46. The highest BCUT2D eigenvalue weighted by Crippen LogP contribution is 2.20. The molecular formula is C19H17NO4. The van der Waals surface area contributed by atoms with E-state index in [2.05, 4.69) is 5.32 Å². The zero-order chi connectivity index (χ0) is 17.1. The maximum absolute atomic E-state index is 12.4. The van der Waals surface area contributed by atoms with Gasteiger partial charge in [0.15, 0.2) is 0 Å². The van der Waals surface area contributed by atoms with Crippen LogP contribution < -0.4 is 15.7 Å². The van der Waals surface area contributed by atoms with Crippen molar-refractivity contribution < 1.29 is 13.9 Å². The van der Waals surface area contributed by atoms with Crippen LogP contribution in [-0.4, -0.2) is 13.0 Å². The molecule has 1 amide bonds. The number of nitrogens with one attached hydrogen (secondary N) is 1. The van der Waals surface area contributed by atoms with Gasteiger partial charge in [-0.1, -0.05) is 30.3 Å². The Morgan fingerprint density at radius 1 is 1.12 bits per heavy atom. The van der Waals surface area contributed by atoms with Gasteiger partial charge in [-0.05, 0) is 30.7 Å². The molecule has 1 heterocycles. The smallest absolute Gasteiger partial charge is 0.349 e. The van der Waals surface area contributed by atoms with Crippen LogP contribution in [0.2, 0.25) is 0 Å². The van der Waals surface area contributed by atoms with Crippen molar-refractivity contribution in [1.82, 2.24) is 5.32 Å². The minimum absolute atomic E-state index is 0.0181. The molecule has 0 saturated heterocycles. The van der Waals surface area contributed by atoms with Gasteiger partial charge in [0, 0.05) is 11.5 Å². The van der Waals surface area contributed by atoms with Crippen molar-refractivity contribution in [3.05, 3.63) is 76.1 Å². The van der Waals surface area contributed by atoms with Gasteiger partial charge < -0.3 is 14.5 Å². The summed E-state index contributed by atoms with van der Waals surface area (Å²) in [6.45, 7) is 1.86. The molecule has 122 valence electrons. The molecule has 24 heavy (non-hydrogen) atoms. The SMILES string of the molecule is COc1ccc2cc(C(=O)NC(C)c3ccccc3)c(=O)oc2c1. The fourth-order valence-corrected chi connectivity index (χ4v) is 2.48. The number of ether oxygens (including phenoxy) is 1. The molecule has 0 fully saturated rings. The van der Waals surface area contributed by atoms with Crippen LogP contribution in [0.3, 0.4) is 0 Å². The number of amides is 1. The van der Waals surface area contributed by atoms with Crippen molar-refractivity contribution in [2.75, 3.05) is 7.11 Å². The summed E-state index contributed by atoms with van der Waals surface area (Å²) in [5.74, 6) is 0.123. The molecule has 5 heteroatoms. The minimum atomic E-state index is -0.673. The van der Waals surface area contributed by atoms with E-state index in [1.807, 2.05) is 37.3 Å². The number of carbonyl (C=O) groups is 1. The van der Waals surface area contributed by atoms with Crippen molar-refractivity contribution in [2.45, 2.75) is 13.0 Å². The number of methoxy groups -OCH3 is 1. The van der Waals surface area contributed by atoms with Crippen LogP contribution in [0, 0.1) is 0 Å². The maximum atomic E-state index is 12.4. The third-order valence-electron chi connectivity index (χ3n) is 3.83. The van der Waals surface area contributed by atoms with Crippen molar-refractivity contribution in [3.8, 4) is 5.75 Å². The molecule has 5 nitrogen and oxygen atoms in total. The zero-order valence-electron chi connectivity index (χ0n) is 13.4. The first kappa shape index (κ1) is 15.8. The highest BCUT2D eigenvalue weighted by atomic mass is 16.5. The molecule has 0 spiro atoms. The van der Waals surface area contributed by atoms with Crippen LogP contribution in [0.25, 0.3) is 11.0 Å². The predicted molar refractivity (Wildman–Crippen MR) is 91.4 cm³/mol. The second-order valence-electron chi connectivity index (χ2n) is 5.46. The molecule has 1 unspecified atom stereocenters. The third kappa shape index (κ3) is 3.15. The van der Waals surface area contributed by atoms with Gasteiger partial charge in [0.2, 0.25) is 0 Å². The standard InChI is InChI=1S/C19H17NO4/c1-12(13-6-4-3-5-7-13)20-18(21)16-10-14-8-9-15(23-2)11-17(14)24-19(16)22/h3-12H,1-2H3,(H,20,21). The minimum Gasteiger partial charge on any atom is -0.497 e. The van der Waals surface area contributed by atoms with Crippen LogP contribution >= 0.6 is 0 Å². The van der Waals surface area contributed by atoms with Gasteiger partial charge >= 0.3 is 5.63 Å². The van der Waals surface area contributed by atoms with Crippen molar-refractivity contribution >= 4 is 16.9 Å². The van der Waals surface area contributed by atoms with E-state index in [4.69, 9.17) is 9.15 Å². The van der Waals surface area contributed by atoms with E-state index in [1.165, 1.54) is 13.2 Å². The van der Waals surface area contributed by atoms with Crippen LogP contribution in [-0.2, 0) is 0 Å². The molecule has 0 aliphatic rings. The third-order valence-corrected chi connectivity index (χ3v) is 3.83. The first-order chi connectivity index (χ1) is 11.6. The van der Waals surface area contributed by atoms with E-state index in [9.17, 15) is 9.59 Å². The molecule has 0 saturated carbocycles. The lowest BCUT2D eigenvalue weighted by atomic mass is 10.1. The Labute approximate surface area is 138 Å². The lowest BCUT2D eigenvalue weighted by Gasteiger charge is -2.14. The summed E-state index contributed by atoms with van der Waals surface area (Å²) >= 11 is 0. The van der Waals surface area contributed by atoms with Gasteiger partial charge in [0.1, 0.15) is 16.9 Å². The van der Waals surface area contributed by atoms with Gasteiger partial charge in [-0.15, -0.1) is 0 Å². The summed E-state index contributed by atoms with van der Waals surface area (Å²) in [4.78, 5) is 24.5. The Morgan fingerprint density at radius 2 is 1.88 bits per heavy atom. The Morgan fingerprint density at radius 3 is 2.58 bits per heavy atom. The summed E-state index contributed by atoms with van der Waals surface area (Å²) in [5, 5.41) is 3.48. The summed E-state index contributed by atoms with van der Waals surface area (Å²) < 4.78 is 10.3. The molecule has 1 atom stereocenters. The van der Waals surface area contributed by atoms with Crippen molar-refractivity contribution in [2.24, 2.45) is 0 Å². The molecule has 0 aliphatic carbocycles. The van der Waals surface area contributed by atoms with E-state index in [0.29, 0.717) is 16.7 Å². The van der Waals surface area contributed by atoms with E-state index < -0.39 is 11.5 Å². The molecular weight excluding hydrogens is 306 g/mol. The van der Waals surface area contributed by atoms with Crippen molar-refractivity contribution in [1.29, 1.82) is 0 Å². The first-order valence-corrected chi connectivity index (χ1v) is 7.56. The number of hydrogen-bond acceptors (Lipinski definition) is 4. The molecule has 0 aliphatic heterocycles. The Balaban J connectivity index is 1.89. The first-order valence-electron chi connectivity index (χ1n) is 7.56. The lowest BCUT2D eigenvalue weighted by Crippen LogP contribution is -2.30. The topological polar surface area (TPSA) is 68.5 Å². The van der Waals surface area contributed by atoms with Gasteiger partial charge in [0.05, 0.1) is 13.2 Å². The molecule has 1 N–H and O–H groups in total. The van der Waals surface area contributed by atoms with Crippen LogP contribution in [0.1, 0.15) is 28.9 Å². The Bertz CT molecular complexity index is 931. The summed E-state index contributed by atoms with van der Waals surface area (Å²) in [5.41, 5.74) is 0.650. The van der Waals surface area contributed by atoms with Crippen molar-refractivity contribution in [3.63, 3.8) is 0 Å². The monoisotopic (exact) mass is 323 g/mol.